The summed E-state index contributed by atoms with van der Waals surface area (Å²) in [4.78, 5) is 51.1. The third-order valence-electron chi connectivity index (χ3n) is 10.8. The third-order valence-corrected chi connectivity index (χ3v) is 12.4. The van der Waals surface area contributed by atoms with Crippen molar-refractivity contribution < 1.29 is 37.6 Å². The molecular formula is C46H50N5O9PS. The summed E-state index contributed by atoms with van der Waals surface area (Å²) in [7, 11) is 3.22. The zero-order valence-corrected chi connectivity index (χ0v) is 37.5. The van der Waals surface area contributed by atoms with E-state index in [0.29, 0.717) is 17.1 Å². The maximum absolute atomic E-state index is 13.8. The second-order valence-electron chi connectivity index (χ2n) is 15.6. The summed E-state index contributed by atoms with van der Waals surface area (Å²) >= 11 is 5.98. The van der Waals surface area contributed by atoms with Crippen molar-refractivity contribution in [2.75, 3.05) is 32.8 Å². The van der Waals surface area contributed by atoms with Crippen LogP contribution in [-0.2, 0) is 40.7 Å². The predicted molar refractivity (Wildman–Crippen MR) is 240 cm³/mol. The van der Waals surface area contributed by atoms with E-state index < -0.39 is 42.1 Å². The lowest BCUT2D eigenvalue weighted by Gasteiger charge is -2.37. The number of ether oxygens (including phenoxy) is 4. The van der Waals surface area contributed by atoms with Crippen LogP contribution in [0.15, 0.2) is 102 Å². The molecule has 3 heterocycles. The second kappa shape index (κ2) is 18.3. The highest BCUT2D eigenvalue weighted by Gasteiger charge is 2.45. The number of benzene rings is 4. The van der Waals surface area contributed by atoms with Gasteiger partial charge in [-0.05, 0) is 84.7 Å². The maximum Gasteiger partial charge on any atom is 0.343 e. The van der Waals surface area contributed by atoms with Crippen molar-refractivity contribution in [2.45, 2.75) is 65.1 Å². The fraction of sp³-hybridized carbons (Fsp3) is 0.326. The van der Waals surface area contributed by atoms with Crippen molar-refractivity contribution in [3.8, 4) is 11.5 Å². The fourth-order valence-electron chi connectivity index (χ4n) is 7.84. The van der Waals surface area contributed by atoms with Gasteiger partial charge < -0.3 is 28.0 Å². The Bertz CT molecular complexity index is 2620. The number of hydrogen-bond acceptors (Lipinski definition) is 12. The molecule has 0 aliphatic carbocycles. The number of nitrogens with one attached hydrogen (secondary N) is 2. The average molecular weight is 880 g/mol. The number of nitrogens with zero attached hydrogens (tertiary/aromatic N) is 3. The Morgan fingerprint density at radius 1 is 0.935 bits per heavy atom. The fourth-order valence-corrected chi connectivity index (χ4v) is 9.52. The van der Waals surface area contributed by atoms with Gasteiger partial charge in [0.1, 0.15) is 29.4 Å². The number of amides is 1. The van der Waals surface area contributed by atoms with E-state index in [1.165, 1.54) is 6.33 Å². The highest BCUT2D eigenvalue weighted by Crippen LogP contribution is 2.51. The summed E-state index contributed by atoms with van der Waals surface area (Å²) in [6.07, 6.45) is -0.773. The Morgan fingerprint density at radius 2 is 1.52 bits per heavy atom. The topological polar surface area (TPSA) is 165 Å². The van der Waals surface area contributed by atoms with Gasteiger partial charge in [0, 0.05) is 19.0 Å². The zero-order valence-electron chi connectivity index (χ0n) is 35.8. The van der Waals surface area contributed by atoms with Crippen LogP contribution in [-0.4, -0.2) is 71.1 Å². The van der Waals surface area contributed by atoms with Crippen molar-refractivity contribution in [3.05, 3.63) is 147 Å². The van der Waals surface area contributed by atoms with Gasteiger partial charge >= 0.3 is 5.97 Å². The van der Waals surface area contributed by atoms with Gasteiger partial charge in [0.2, 0.25) is 18.3 Å². The van der Waals surface area contributed by atoms with E-state index in [-0.39, 0.29) is 42.0 Å². The number of methoxy groups -OCH3 is 2. The summed E-state index contributed by atoms with van der Waals surface area (Å²) in [5.74, 6) is 0.0603. The van der Waals surface area contributed by atoms with Crippen LogP contribution in [0.25, 0.3) is 11.2 Å². The molecule has 62 heavy (non-hydrogen) atoms. The highest BCUT2D eigenvalue weighted by molar-refractivity contribution is 8.09. The molecule has 1 aliphatic rings. The molecule has 14 nitrogen and oxygen atoms in total. The minimum atomic E-state index is -3.32. The van der Waals surface area contributed by atoms with E-state index in [4.69, 9.17) is 39.8 Å². The van der Waals surface area contributed by atoms with Crippen molar-refractivity contribution in [1.82, 2.24) is 19.5 Å². The zero-order chi connectivity index (χ0) is 44.3. The molecule has 1 fully saturated rings. The van der Waals surface area contributed by atoms with Gasteiger partial charge in [-0.25, -0.2) is 9.78 Å². The Morgan fingerprint density at radius 3 is 2.08 bits per heavy atom. The number of carbonyl (C=O) groups is 2. The summed E-state index contributed by atoms with van der Waals surface area (Å²) in [6.45, 7) is 7.39. The minimum Gasteiger partial charge on any atom is -0.497 e. The molecule has 0 saturated carbocycles. The number of aromatic nitrogens is 4. The number of hydrogen-bond donors (Lipinski definition) is 2. The van der Waals surface area contributed by atoms with Crippen LogP contribution in [0, 0.1) is 26.7 Å². The van der Waals surface area contributed by atoms with Gasteiger partial charge in [-0.1, -0.05) is 86.1 Å². The van der Waals surface area contributed by atoms with Crippen LogP contribution in [0.2, 0.25) is 0 Å². The van der Waals surface area contributed by atoms with Crippen LogP contribution in [0.5, 0.6) is 11.5 Å². The van der Waals surface area contributed by atoms with E-state index in [9.17, 15) is 14.4 Å². The summed E-state index contributed by atoms with van der Waals surface area (Å²) < 4.78 is 39.5. The second-order valence-corrected chi connectivity index (χ2v) is 19.6. The number of rotatable bonds is 15. The molecule has 2 aromatic heterocycles. The summed E-state index contributed by atoms with van der Waals surface area (Å²) in [6, 6.07) is 29.0. The lowest BCUT2D eigenvalue weighted by atomic mass is 9.80. The largest absolute Gasteiger partial charge is 0.497 e. The van der Waals surface area contributed by atoms with E-state index in [0.717, 1.165) is 33.4 Å². The smallest absolute Gasteiger partial charge is 0.343 e. The minimum absolute atomic E-state index is 0.0297. The van der Waals surface area contributed by atoms with Crippen molar-refractivity contribution in [1.29, 1.82) is 0 Å². The molecule has 16 heteroatoms. The lowest BCUT2D eigenvalue weighted by molar-refractivity contribution is -0.118. The number of anilines is 1. The Labute approximate surface area is 365 Å². The monoisotopic (exact) mass is 879 g/mol. The molecule has 0 bridgehead atoms. The molecule has 0 unspecified atom stereocenters. The SMILES string of the molecule is COc1ccc(C(OC[C@H]2O[C@@H](n3cnc4c(=O)[nH]c(NC(=O)C(C)C)nc43)C[C@@H]2O[P@@](C)(=S)OC(=O)c2c(C)cc(C)cc2C)(c2ccccc2)c2ccc(OC)cc2)cc1. The summed E-state index contributed by atoms with van der Waals surface area (Å²) in [5, 5.41) is 2.67. The van der Waals surface area contributed by atoms with Crippen LogP contribution in [0.4, 0.5) is 5.95 Å². The molecule has 324 valence electrons. The molecule has 4 aromatic carbocycles. The molecule has 0 radical (unpaired) electrons. The number of imidazole rings is 1. The van der Waals surface area contributed by atoms with Gasteiger partial charge in [0.25, 0.3) is 5.56 Å². The van der Waals surface area contributed by atoms with Gasteiger partial charge in [-0.3, -0.25) is 24.5 Å². The maximum atomic E-state index is 13.8. The third kappa shape index (κ3) is 9.23. The first-order chi connectivity index (χ1) is 29.6. The van der Waals surface area contributed by atoms with Crippen molar-refractivity contribution >= 4 is 47.3 Å². The lowest BCUT2D eigenvalue weighted by Crippen LogP contribution is -2.38. The van der Waals surface area contributed by atoms with Crippen molar-refractivity contribution in [3.63, 3.8) is 0 Å². The van der Waals surface area contributed by atoms with E-state index in [1.54, 1.807) is 39.3 Å². The van der Waals surface area contributed by atoms with Crippen LogP contribution in [0.3, 0.4) is 0 Å². The summed E-state index contributed by atoms with van der Waals surface area (Å²) in [5.41, 5.74) is 3.93. The molecular weight excluding hydrogens is 830 g/mol. The average Bonchev–Trinajstić information content (AvgIpc) is 3.85. The molecule has 4 atom stereocenters. The Balaban J connectivity index is 1.29. The molecule has 1 saturated heterocycles. The van der Waals surface area contributed by atoms with Gasteiger partial charge in [-0.15, -0.1) is 0 Å². The first-order valence-corrected chi connectivity index (χ1v) is 23.2. The van der Waals surface area contributed by atoms with E-state index >= 15 is 0 Å². The molecule has 2 N–H and O–H groups in total. The van der Waals surface area contributed by atoms with Gasteiger partial charge in [-0.2, -0.15) is 4.98 Å². The number of carbonyl (C=O) groups excluding carboxylic acids is 2. The molecule has 0 spiro atoms. The molecule has 1 amide bonds. The normalized spacial score (nSPS) is 17.5. The van der Waals surface area contributed by atoms with E-state index in [2.05, 4.69) is 20.3 Å². The number of fused-ring (bicyclic) bond motifs is 1. The van der Waals surface area contributed by atoms with Crippen LogP contribution >= 0.6 is 6.49 Å². The Hall–Kier alpha value is -5.70. The quantitative estimate of drug-likeness (QED) is 0.0753. The molecule has 6 aromatic rings. The molecule has 7 rings (SSSR count). The standard InChI is InChI=1S/C46H50N5O9PS/c1-27(2)42(52)49-45-48-41-40(43(53)50-45)47-26-51(41)38-24-36(59-61(8,62)60-44(54)39-29(4)22-28(3)23-30(39)5)37(58-38)25-57-46(31-12-10-9-11-13-31,32-14-18-34(55-6)19-15-32)33-16-20-35(56-7)21-17-33/h9-23,26-27,36-38H,24-25H2,1-8H3,(H2,48,49,50,52,53)/t36-,37+,38+,61+/m0/s1. The van der Waals surface area contributed by atoms with E-state index in [1.807, 2.05) is 112 Å². The van der Waals surface area contributed by atoms with Gasteiger partial charge in [0.15, 0.2) is 11.2 Å². The predicted octanol–water partition coefficient (Wildman–Crippen LogP) is 8.13. The Kier molecular flexibility index (Phi) is 13.1. The first kappa shape index (κ1) is 44.4. The van der Waals surface area contributed by atoms with Gasteiger partial charge in [0.05, 0.1) is 38.8 Å². The first-order valence-electron chi connectivity index (χ1n) is 20.1. The number of aromatic amines is 1. The molecule has 1 aliphatic heterocycles. The number of H-pyrrole nitrogens is 1. The number of aryl methyl sites for hydroxylation is 3. The van der Waals surface area contributed by atoms with Crippen LogP contribution < -0.4 is 20.3 Å². The highest BCUT2D eigenvalue weighted by atomic mass is 32.5. The van der Waals surface area contributed by atoms with Crippen molar-refractivity contribution in [2.24, 2.45) is 5.92 Å². The van der Waals surface area contributed by atoms with Crippen LogP contribution in [0.1, 0.15) is 70.2 Å².